The van der Waals surface area contributed by atoms with E-state index in [2.05, 4.69) is 5.32 Å². The van der Waals surface area contributed by atoms with Crippen molar-refractivity contribution in [3.05, 3.63) is 58.7 Å². The first-order valence-electron chi connectivity index (χ1n) is 9.79. The van der Waals surface area contributed by atoms with E-state index in [0.717, 1.165) is 11.1 Å². The third-order valence-electron chi connectivity index (χ3n) is 5.12. The van der Waals surface area contributed by atoms with Gasteiger partial charge in [0.15, 0.2) is 11.5 Å². The summed E-state index contributed by atoms with van der Waals surface area (Å²) in [5.74, 6) is -2.31. The van der Waals surface area contributed by atoms with Crippen LogP contribution in [-0.2, 0) is 23.9 Å². The fourth-order valence-electron chi connectivity index (χ4n) is 3.56. The van der Waals surface area contributed by atoms with Crippen LogP contribution in [0.1, 0.15) is 34.1 Å². The lowest BCUT2D eigenvalue weighted by Crippen LogP contribution is -2.45. The van der Waals surface area contributed by atoms with E-state index in [4.69, 9.17) is 9.47 Å². The first-order chi connectivity index (χ1) is 14.1. The Hall–Kier alpha value is -2.77. The largest absolute Gasteiger partial charge is 0.465 e. The number of rotatable bonds is 7. The number of carbonyl (C=O) groups is 3. The molecule has 0 bridgehead atoms. The molecule has 1 amide bonds. The minimum absolute atomic E-state index is 0.275. The number of methoxy groups -OCH3 is 1. The Morgan fingerprint density at radius 2 is 1.93 bits per heavy atom. The Labute approximate surface area is 176 Å². The lowest BCUT2D eigenvalue weighted by molar-refractivity contribution is -0.136. The van der Waals surface area contributed by atoms with Gasteiger partial charge in [-0.05, 0) is 39.3 Å². The summed E-state index contributed by atoms with van der Waals surface area (Å²) in [6.07, 6.45) is 9.90. The van der Waals surface area contributed by atoms with Crippen molar-refractivity contribution in [1.82, 2.24) is 5.32 Å². The van der Waals surface area contributed by atoms with E-state index >= 15 is 0 Å². The second-order valence-electron chi connectivity index (χ2n) is 7.52. The Kier molecular flexibility index (Phi) is 7.70. The summed E-state index contributed by atoms with van der Waals surface area (Å²) in [6.45, 7) is 7.46. The van der Waals surface area contributed by atoms with Crippen molar-refractivity contribution in [3.8, 4) is 0 Å². The van der Waals surface area contributed by atoms with Crippen LogP contribution in [0, 0.1) is 5.92 Å². The molecule has 0 aromatic rings. The van der Waals surface area contributed by atoms with E-state index in [-0.39, 0.29) is 12.2 Å². The molecule has 0 aliphatic carbocycles. The van der Waals surface area contributed by atoms with E-state index in [0.29, 0.717) is 17.8 Å². The molecule has 0 radical (unpaired) electrons. The van der Waals surface area contributed by atoms with Crippen molar-refractivity contribution in [3.63, 3.8) is 0 Å². The average molecular weight is 415 g/mol. The summed E-state index contributed by atoms with van der Waals surface area (Å²) in [5.41, 5.74) is 1.19. The predicted octanol–water partition coefficient (Wildman–Crippen LogP) is 2.29. The van der Waals surface area contributed by atoms with Crippen LogP contribution >= 0.6 is 0 Å². The van der Waals surface area contributed by atoms with Gasteiger partial charge in [-0.25, -0.2) is 4.79 Å². The number of Topliss-reactive ketones (excluding diaryl/α,β-unsaturated/α-hetero) is 1. The van der Waals surface area contributed by atoms with Gasteiger partial charge in [0.1, 0.15) is 12.0 Å². The fourth-order valence-corrected chi connectivity index (χ4v) is 3.56. The van der Waals surface area contributed by atoms with Crippen molar-refractivity contribution in [2.45, 2.75) is 45.9 Å². The van der Waals surface area contributed by atoms with Crippen molar-refractivity contribution in [2.75, 3.05) is 13.7 Å². The highest BCUT2D eigenvalue weighted by Crippen LogP contribution is 2.36. The minimum atomic E-state index is -1.45. The van der Waals surface area contributed by atoms with E-state index in [1.54, 1.807) is 38.2 Å². The molecular weight excluding hydrogens is 386 g/mol. The van der Waals surface area contributed by atoms with Crippen LogP contribution < -0.4 is 5.32 Å². The SMILES string of the molecule is C\C=C(/C=C(C)/C=C(C)/C=C/C=C(\C)C(=O)[C@@H]1C(=O)N[C@]2(O)CCOC12)C(=O)OC. The molecule has 3 atom stereocenters. The second-order valence-corrected chi connectivity index (χ2v) is 7.52. The average Bonchev–Trinajstić information content (AvgIpc) is 3.16. The summed E-state index contributed by atoms with van der Waals surface area (Å²) >= 11 is 0. The number of hydrogen-bond acceptors (Lipinski definition) is 6. The molecule has 2 aliphatic rings. The first-order valence-corrected chi connectivity index (χ1v) is 9.79. The maximum absolute atomic E-state index is 12.7. The Morgan fingerprint density at radius 1 is 1.23 bits per heavy atom. The number of amides is 1. The van der Waals surface area contributed by atoms with E-state index in [1.165, 1.54) is 7.11 Å². The molecule has 0 aromatic carbocycles. The van der Waals surface area contributed by atoms with Crippen LogP contribution in [0.5, 0.6) is 0 Å². The van der Waals surface area contributed by atoms with Crippen LogP contribution in [0.25, 0.3) is 0 Å². The zero-order valence-corrected chi connectivity index (χ0v) is 18.0. The second kappa shape index (κ2) is 9.82. The first kappa shape index (κ1) is 23.5. The summed E-state index contributed by atoms with van der Waals surface area (Å²) in [5, 5.41) is 12.9. The molecule has 0 saturated carbocycles. The van der Waals surface area contributed by atoms with Gasteiger partial charge in [0, 0.05) is 6.42 Å². The van der Waals surface area contributed by atoms with Gasteiger partial charge >= 0.3 is 5.97 Å². The standard InChI is InChI=1S/C23H29NO6/c1-6-17(22(27)29-5)13-15(3)12-14(2)8-7-9-16(4)19(25)18-20-23(28,10-11-30-20)24-21(18)26/h6-9,12-13,18,20,28H,10-11H2,1-5H3,(H,24,26)/b8-7+,14-12+,15-13+,16-9+,17-6+/t18-,20?,23-/m0/s1. The van der Waals surface area contributed by atoms with Crippen molar-refractivity contribution in [2.24, 2.45) is 5.92 Å². The highest BCUT2D eigenvalue weighted by atomic mass is 16.5. The third kappa shape index (κ3) is 5.23. The summed E-state index contributed by atoms with van der Waals surface area (Å²) < 4.78 is 10.2. The maximum Gasteiger partial charge on any atom is 0.337 e. The molecule has 2 heterocycles. The van der Waals surface area contributed by atoms with E-state index in [1.807, 2.05) is 26.0 Å². The molecule has 7 nitrogen and oxygen atoms in total. The number of ketones is 1. The minimum Gasteiger partial charge on any atom is -0.465 e. The molecule has 30 heavy (non-hydrogen) atoms. The summed E-state index contributed by atoms with van der Waals surface area (Å²) in [4.78, 5) is 36.5. The molecule has 1 unspecified atom stereocenters. The number of ether oxygens (including phenoxy) is 2. The smallest absolute Gasteiger partial charge is 0.337 e. The zero-order valence-electron chi connectivity index (χ0n) is 18.0. The van der Waals surface area contributed by atoms with Crippen LogP contribution in [-0.4, -0.2) is 48.3 Å². The number of aliphatic hydroxyl groups is 1. The molecule has 7 heteroatoms. The van der Waals surface area contributed by atoms with Gasteiger partial charge in [-0.3, -0.25) is 9.59 Å². The molecular formula is C23H29NO6. The van der Waals surface area contributed by atoms with Gasteiger partial charge in [0.25, 0.3) is 0 Å². The summed E-state index contributed by atoms with van der Waals surface area (Å²) in [7, 11) is 1.34. The topological polar surface area (TPSA) is 102 Å². The highest BCUT2D eigenvalue weighted by molar-refractivity contribution is 6.11. The van der Waals surface area contributed by atoms with Gasteiger partial charge in [0.05, 0.1) is 19.3 Å². The molecule has 162 valence electrons. The number of hydrogen-bond donors (Lipinski definition) is 2. The Morgan fingerprint density at radius 3 is 2.57 bits per heavy atom. The maximum atomic E-state index is 12.7. The molecule has 0 aromatic heterocycles. The summed E-state index contributed by atoms with van der Waals surface area (Å²) in [6, 6.07) is 0. The van der Waals surface area contributed by atoms with E-state index < -0.39 is 29.6 Å². The fraction of sp³-hybridized carbons (Fsp3) is 0.435. The van der Waals surface area contributed by atoms with Gasteiger partial charge < -0.3 is 19.9 Å². The van der Waals surface area contributed by atoms with Crippen LogP contribution in [0.2, 0.25) is 0 Å². The van der Waals surface area contributed by atoms with Gasteiger partial charge in [-0.1, -0.05) is 41.5 Å². The lowest BCUT2D eigenvalue weighted by Gasteiger charge is -2.21. The number of carbonyl (C=O) groups excluding carboxylic acids is 3. The van der Waals surface area contributed by atoms with Crippen molar-refractivity contribution >= 4 is 17.7 Å². The number of esters is 1. The quantitative estimate of drug-likeness (QED) is 0.286. The van der Waals surface area contributed by atoms with Crippen LogP contribution in [0.4, 0.5) is 0 Å². The Bertz CT molecular complexity index is 876. The molecule has 2 N–H and O–H groups in total. The molecule has 2 fully saturated rings. The Balaban J connectivity index is 2.07. The third-order valence-corrected chi connectivity index (χ3v) is 5.12. The molecule has 2 aliphatic heterocycles. The molecule has 0 spiro atoms. The van der Waals surface area contributed by atoms with Gasteiger partial charge in [0.2, 0.25) is 5.91 Å². The highest BCUT2D eigenvalue weighted by Gasteiger charge is 2.58. The van der Waals surface area contributed by atoms with Crippen molar-refractivity contribution in [1.29, 1.82) is 0 Å². The number of allylic oxidation sites excluding steroid dienone is 8. The molecule has 2 rings (SSSR count). The number of nitrogens with one attached hydrogen (secondary N) is 1. The van der Waals surface area contributed by atoms with Crippen molar-refractivity contribution < 1.29 is 29.0 Å². The molecule has 2 saturated heterocycles. The predicted molar refractivity (Wildman–Crippen MR) is 112 cm³/mol. The lowest BCUT2D eigenvalue weighted by atomic mass is 9.91. The monoisotopic (exact) mass is 415 g/mol. The van der Waals surface area contributed by atoms with Crippen LogP contribution in [0.3, 0.4) is 0 Å². The van der Waals surface area contributed by atoms with Gasteiger partial charge in [-0.2, -0.15) is 0 Å². The number of fused-ring (bicyclic) bond motifs is 1. The van der Waals surface area contributed by atoms with Gasteiger partial charge in [-0.15, -0.1) is 0 Å². The van der Waals surface area contributed by atoms with Crippen LogP contribution in [0.15, 0.2) is 58.7 Å². The normalized spacial score (nSPS) is 28.0. The zero-order chi connectivity index (χ0) is 22.5. The van der Waals surface area contributed by atoms with E-state index in [9.17, 15) is 19.5 Å².